The van der Waals surface area contributed by atoms with E-state index in [-0.39, 0.29) is 19.4 Å². The van der Waals surface area contributed by atoms with Gasteiger partial charge in [-0.05, 0) is 12.8 Å². The second kappa shape index (κ2) is 25.0. The quantitative estimate of drug-likeness (QED) is 0.157. The Hall–Kier alpha value is -1.22. The van der Waals surface area contributed by atoms with Gasteiger partial charge in [0.25, 0.3) is 0 Å². The normalized spacial score (nSPS) is 12.5. The van der Waals surface area contributed by atoms with Crippen LogP contribution in [0.2, 0.25) is 0 Å². The maximum absolute atomic E-state index is 11.2. The SMILES string of the molecule is CCCCCCCCCCCCCCC(O)CC(CC(=O)O)NC(=O)CO.NCCO. The van der Waals surface area contributed by atoms with Crippen molar-refractivity contribution >= 4 is 11.9 Å². The van der Waals surface area contributed by atoms with Crippen LogP contribution < -0.4 is 11.1 Å². The van der Waals surface area contributed by atoms with Gasteiger partial charge in [-0.25, -0.2) is 0 Å². The summed E-state index contributed by atoms with van der Waals surface area (Å²) in [6.45, 7) is 2.04. The summed E-state index contributed by atoms with van der Waals surface area (Å²) in [4.78, 5) is 22.1. The van der Waals surface area contributed by atoms with Crippen molar-refractivity contribution in [1.82, 2.24) is 5.32 Å². The van der Waals surface area contributed by atoms with E-state index >= 15 is 0 Å². The highest BCUT2D eigenvalue weighted by Crippen LogP contribution is 2.14. The lowest BCUT2D eigenvalue weighted by Crippen LogP contribution is -2.40. The largest absolute Gasteiger partial charge is 0.481 e. The molecule has 186 valence electrons. The summed E-state index contributed by atoms with van der Waals surface area (Å²) in [5.74, 6) is -1.64. The number of carbonyl (C=O) groups excluding carboxylic acids is 1. The Morgan fingerprint density at radius 1 is 0.871 bits per heavy atom. The van der Waals surface area contributed by atoms with Crippen LogP contribution in [0.3, 0.4) is 0 Å². The summed E-state index contributed by atoms with van der Waals surface area (Å²) >= 11 is 0. The average Bonchev–Trinajstić information content (AvgIpc) is 2.74. The molecule has 0 bridgehead atoms. The fourth-order valence-corrected chi connectivity index (χ4v) is 3.34. The Bertz CT molecular complexity index is 408. The number of aliphatic hydroxyl groups excluding tert-OH is 3. The third kappa shape index (κ3) is 26.7. The number of carbonyl (C=O) groups is 2. The van der Waals surface area contributed by atoms with Crippen molar-refractivity contribution in [1.29, 1.82) is 0 Å². The van der Waals surface area contributed by atoms with Gasteiger partial charge in [0.05, 0.1) is 19.1 Å². The average molecular weight is 449 g/mol. The molecule has 0 radical (unpaired) electrons. The molecule has 0 aliphatic carbocycles. The molecule has 0 saturated heterocycles. The zero-order chi connectivity index (χ0) is 23.7. The lowest BCUT2D eigenvalue weighted by Gasteiger charge is -2.20. The van der Waals surface area contributed by atoms with Crippen LogP contribution in [0.4, 0.5) is 0 Å². The van der Waals surface area contributed by atoms with Gasteiger partial charge in [-0.3, -0.25) is 9.59 Å². The maximum atomic E-state index is 11.2. The van der Waals surface area contributed by atoms with Crippen molar-refractivity contribution in [3.8, 4) is 0 Å². The summed E-state index contributed by atoms with van der Waals surface area (Å²) in [6, 6.07) is -0.644. The van der Waals surface area contributed by atoms with Crippen LogP contribution in [0.25, 0.3) is 0 Å². The van der Waals surface area contributed by atoms with Gasteiger partial charge in [-0.2, -0.15) is 0 Å². The topological polar surface area (TPSA) is 153 Å². The van der Waals surface area contributed by atoms with Crippen molar-refractivity contribution in [3.05, 3.63) is 0 Å². The molecule has 0 aromatic carbocycles. The van der Waals surface area contributed by atoms with Crippen molar-refractivity contribution in [2.75, 3.05) is 19.8 Å². The van der Waals surface area contributed by atoms with Gasteiger partial charge < -0.3 is 31.5 Å². The number of aliphatic carboxylic acids is 1. The van der Waals surface area contributed by atoms with Gasteiger partial charge in [0.2, 0.25) is 5.91 Å². The molecule has 31 heavy (non-hydrogen) atoms. The Kier molecular flexibility index (Phi) is 25.8. The third-order valence-corrected chi connectivity index (χ3v) is 5.01. The van der Waals surface area contributed by atoms with E-state index in [4.69, 9.17) is 21.1 Å². The second-order valence-corrected chi connectivity index (χ2v) is 8.10. The van der Waals surface area contributed by atoms with E-state index in [2.05, 4.69) is 12.2 Å². The van der Waals surface area contributed by atoms with Crippen LogP contribution in [0.15, 0.2) is 0 Å². The zero-order valence-corrected chi connectivity index (χ0v) is 19.6. The van der Waals surface area contributed by atoms with E-state index in [1.807, 2.05) is 0 Å². The molecule has 0 rings (SSSR count). The number of rotatable bonds is 20. The maximum Gasteiger partial charge on any atom is 0.305 e. The Labute approximate surface area is 188 Å². The number of hydrogen-bond donors (Lipinski definition) is 6. The number of unbranched alkanes of at least 4 members (excludes halogenated alkanes) is 11. The first kappa shape index (κ1) is 32.0. The molecule has 0 aromatic heterocycles. The minimum Gasteiger partial charge on any atom is -0.481 e. The van der Waals surface area contributed by atoms with E-state index in [9.17, 15) is 14.7 Å². The van der Waals surface area contributed by atoms with Crippen LogP contribution in [-0.4, -0.2) is 64.2 Å². The Morgan fingerprint density at radius 2 is 1.32 bits per heavy atom. The number of carboxylic acids is 1. The fourth-order valence-electron chi connectivity index (χ4n) is 3.34. The van der Waals surface area contributed by atoms with E-state index in [1.165, 1.54) is 64.2 Å². The van der Waals surface area contributed by atoms with Crippen molar-refractivity contribution in [2.24, 2.45) is 5.73 Å². The number of hydrogen-bond acceptors (Lipinski definition) is 6. The minimum atomic E-state index is -1.03. The lowest BCUT2D eigenvalue weighted by atomic mass is 10.00. The summed E-state index contributed by atoms with van der Waals surface area (Å²) in [6.07, 6.45) is 15.0. The van der Waals surface area contributed by atoms with Gasteiger partial charge in [-0.1, -0.05) is 84.0 Å². The molecule has 8 nitrogen and oxygen atoms in total. The van der Waals surface area contributed by atoms with Crippen molar-refractivity contribution in [2.45, 2.75) is 115 Å². The molecule has 1 amide bonds. The Balaban J connectivity index is 0. The first-order chi connectivity index (χ1) is 14.9. The minimum absolute atomic E-state index is 0.0972. The smallest absolute Gasteiger partial charge is 0.305 e. The highest BCUT2D eigenvalue weighted by atomic mass is 16.4. The van der Waals surface area contributed by atoms with Crippen LogP contribution >= 0.6 is 0 Å². The van der Waals surface area contributed by atoms with Crippen molar-refractivity contribution < 1.29 is 30.0 Å². The van der Waals surface area contributed by atoms with Crippen LogP contribution in [0.5, 0.6) is 0 Å². The van der Waals surface area contributed by atoms with Gasteiger partial charge in [0.15, 0.2) is 0 Å². The van der Waals surface area contributed by atoms with Crippen LogP contribution in [0, 0.1) is 0 Å². The number of carboxylic acid groups (broad SMARTS) is 1. The summed E-state index contributed by atoms with van der Waals surface area (Å²) < 4.78 is 0. The van der Waals surface area contributed by atoms with Gasteiger partial charge in [-0.15, -0.1) is 0 Å². The summed E-state index contributed by atoms with van der Waals surface area (Å²) in [5, 5.41) is 37.9. The third-order valence-electron chi connectivity index (χ3n) is 5.01. The molecule has 8 heteroatoms. The molecule has 0 spiro atoms. The molecule has 0 heterocycles. The molecule has 0 saturated carbocycles. The van der Waals surface area contributed by atoms with E-state index in [0.717, 1.165) is 12.8 Å². The standard InChI is InChI=1S/C21H41NO5.C2H7NO/c1-2-3-4-5-6-7-8-9-10-11-12-13-14-19(24)15-18(16-21(26)27)22-20(25)17-23;3-1-2-4/h18-19,23-24H,2-17H2,1H3,(H,22,25)(H,26,27);4H,1-3H2. The van der Waals surface area contributed by atoms with Crippen LogP contribution in [-0.2, 0) is 9.59 Å². The number of nitrogens with one attached hydrogen (secondary N) is 1. The number of nitrogens with two attached hydrogens (primary N) is 1. The molecule has 2 unspecified atom stereocenters. The van der Waals surface area contributed by atoms with Crippen LogP contribution in [0.1, 0.15) is 103 Å². The highest BCUT2D eigenvalue weighted by Gasteiger charge is 2.19. The predicted octanol–water partition coefficient (Wildman–Crippen LogP) is 2.72. The molecule has 0 aliphatic rings. The first-order valence-corrected chi connectivity index (χ1v) is 12.0. The molecule has 0 fully saturated rings. The summed E-state index contributed by atoms with van der Waals surface area (Å²) in [5.41, 5.74) is 4.78. The molecule has 0 aliphatic heterocycles. The summed E-state index contributed by atoms with van der Waals surface area (Å²) in [7, 11) is 0. The van der Waals surface area contributed by atoms with E-state index < -0.39 is 30.6 Å². The number of amides is 1. The molecular formula is C23H48N2O6. The van der Waals surface area contributed by atoms with E-state index in [0.29, 0.717) is 13.0 Å². The zero-order valence-electron chi connectivity index (χ0n) is 19.6. The molecular weight excluding hydrogens is 400 g/mol. The van der Waals surface area contributed by atoms with Gasteiger partial charge in [0, 0.05) is 12.6 Å². The number of aliphatic hydroxyl groups is 3. The van der Waals surface area contributed by atoms with Gasteiger partial charge in [0.1, 0.15) is 6.61 Å². The lowest BCUT2D eigenvalue weighted by molar-refractivity contribution is -0.138. The highest BCUT2D eigenvalue weighted by molar-refractivity contribution is 5.78. The van der Waals surface area contributed by atoms with Gasteiger partial charge >= 0.3 is 5.97 Å². The fraction of sp³-hybridized carbons (Fsp3) is 0.913. The van der Waals surface area contributed by atoms with E-state index in [1.54, 1.807) is 0 Å². The second-order valence-electron chi connectivity index (χ2n) is 8.10. The van der Waals surface area contributed by atoms with Crippen molar-refractivity contribution in [3.63, 3.8) is 0 Å². The monoisotopic (exact) mass is 448 g/mol. The predicted molar refractivity (Wildman–Crippen MR) is 124 cm³/mol. The molecule has 7 N–H and O–H groups in total. The molecule has 0 aromatic rings. The Morgan fingerprint density at radius 3 is 1.71 bits per heavy atom. The molecule has 2 atom stereocenters. The first-order valence-electron chi connectivity index (χ1n) is 12.0.